The predicted octanol–water partition coefficient (Wildman–Crippen LogP) is -0.270. The summed E-state index contributed by atoms with van der Waals surface area (Å²) in [6.07, 6.45) is 2.42. The molecule has 1 unspecified atom stereocenters. The van der Waals surface area contributed by atoms with Gasteiger partial charge in [0.2, 0.25) is 11.8 Å². The van der Waals surface area contributed by atoms with Crippen molar-refractivity contribution in [2.45, 2.75) is 39.2 Å². The van der Waals surface area contributed by atoms with Crippen LogP contribution in [-0.2, 0) is 19.2 Å². The molecule has 2 heterocycles. The van der Waals surface area contributed by atoms with Gasteiger partial charge < -0.3 is 5.73 Å². The number of imide groups is 2. The lowest BCUT2D eigenvalue weighted by Gasteiger charge is -2.27. The van der Waals surface area contributed by atoms with Crippen molar-refractivity contribution in [3.63, 3.8) is 0 Å². The first-order chi connectivity index (χ1) is 9.88. The summed E-state index contributed by atoms with van der Waals surface area (Å²) in [7, 11) is 0. The third-order valence-electron chi connectivity index (χ3n) is 3.48. The molecule has 0 aliphatic carbocycles. The molecular formula is C14H17N3O4. The fourth-order valence-corrected chi connectivity index (χ4v) is 2.55. The molecule has 0 saturated carbocycles. The van der Waals surface area contributed by atoms with Gasteiger partial charge in [-0.3, -0.25) is 29.4 Å². The largest absolute Gasteiger partial charge is 0.402 e. The van der Waals surface area contributed by atoms with E-state index in [4.69, 9.17) is 5.73 Å². The van der Waals surface area contributed by atoms with Gasteiger partial charge in [-0.05, 0) is 19.8 Å². The number of rotatable bonds is 2. The molecule has 0 bridgehead atoms. The molecule has 2 fully saturated rings. The maximum atomic E-state index is 12.4. The van der Waals surface area contributed by atoms with Crippen molar-refractivity contribution in [2.75, 3.05) is 0 Å². The van der Waals surface area contributed by atoms with Gasteiger partial charge in [0.05, 0.1) is 11.1 Å². The molecule has 1 atom stereocenters. The van der Waals surface area contributed by atoms with Crippen LogP contribution >= 0.6 is 0 Å². The van der Waals surface area contributed by atoms with E-state index in [1.54, 1.807) is 6.08 Å². The van der Waals surface area contributed by atoms with Gasteiger partial charge in [-0.25, -0.2) is 0 Å². The van der Waals surface area contributed by atoms with E-state index in [0.29, 0.717) is 6.42 Å². The minimum atomic E-state index is -0.959. The van der Waals surface area contributed by atoms with E-state index in [-0.39, 0.29) is 29.7 Å². The van der Waals surface area contributed by atoms with Gasteiger partial charge in [-0.2, -0.15) is 0 Å². The van der Waals surface area contributed by atoms with E-state index in [1.165, 1.54) is 6.92 Å². The minimum absolute atomic E-state index is 0.0982. The van der Waals surface area contributed by atoms with E-state index >= 15 is 0 Å². The number of nitrogens with two attached hydrogens (primary N) is 1. The van der Waals surface area contributed by atoms with Crippen LogP contribution in [0.25, 0.3) is 0 Å². The molecule has 2 rings (SSSR count). The number of amides is 4. The molecule has 3 N–H and O–H groups in total. The van der Waals surface area contributed by atoms with Crippen LogP contribution < -0.4 is 11.1 Å². The Kier molecular flexibility index (Phi) is 3.93. The Morgan fingerprint density at radius 2 is 2.00 bits per heavy atom. The summed E-state index contributed by atoms with van der Waals surface area (Å²) in [4.78, 5) is 48.8. The molecular weight excluding hydrogens is 274 g/mol. The highest BCUT2D eigenvalue weighted by molar-refractivity contribution is 6.26. The fourth-order valence-electron chi connectivity index (χ4n) is 2.55. The highest BCUT2D eigenvalue weighted by atomic mass is 16.2. The number of piperidine rings is 1. The lowest BCUT2D eigenvalue weighted by molar-refractivity contribution is -0.149. The summed E-state index contributed by atoms with van der Waals surface area (Å²) < 4.78 is 0. The summed E-state index contributed by atoms with van der Waals surface area (Å²) >= 11 is 0. The van der Waals surface area contributed by atoms with Crippen LogP contribution in [0.4, 0.5) is 0 Å². The second kappa shape index (κ2) is 5.51. The molecule has 0 aromatic carbocycles. The van der Waals surface area contributed by atoms with Crippen molar-refractivity contribution in [2.24, 2.45) is 5.73 Å². The second-order valence-electron chi connectivity index (χ2n) is 5.03. The topological polar surface area (TPSA) is 110 Å². The van der Waals surface area contributed by atoms with Crippen molar-refractivity contribution >= 4 is 23.6 Å². The van der Waals surface area contributed by atoms with Gasteiger partial charge in [0.1, 0.15) is 6.04 Å². The van der Waals surface area contributed by atoms with E-state index in [9.17, 15) is 19.2 Å². The van der Waals surface area contributed by atoms with Gasteiger partial charge in [0, 0.05) is 12.1 Å². The fraction of sp³-hybridized carbons (Fsp3) is 0.429. The van der Waals surface area contributed by atoms with Crippen molar-refractivity contribution in [3.05, 3.63) is 22.9 Å². The molecule has 112 valence electrons. The van der Waals surface area contributed by atoms with Gasteiger partial charge in [-0.15, -0.1) is 0 Å². The normalized spacial score (nSPS) is 27.4. The summed E-state index contributed by atoms with van der Waals surface area (Å²) in [5.41, 5.74) is 6.32. The standard InChI is InChI=1S/C14H17N3O4/c1-3-4-8-11(7(2)15)14(21)17(13(8)20)9-5-6-10(18)16-12(9)19/h4,9H,3,5-6,15H2,1-2H3,(H,16,18,19)/b8-4+,11-7-. The maximum Gasteiger partial charge on any atom is 0.264 e. The maximum absolute atomic E-state index is 12.4. The third-order valence-corrected chi connectivity index (χ3v) is 3.48. The van der Waals surface area contributed by atoms with Crippen LogP contribution in [0.15, 0.2) is 22.9 Å². The molecule has 2 aliphatic heterocycles. The van der Waals surface area contributed by atoms with E-state index < -0.39 is 29.7 Å². The average molecular weight is 291 g/mol. The predicted molar refractivity (Wildman–Crippen MR) is 73.3 cm³/mol. The van der Waals surface area contributed by atoms with Crippen LogP contribution in [0.2, 0.25) is 0 Å². The summed E-state index contributed by atoms with van der Waals surface area (Å²) in [5, 5.41) is 2.15. The molecule has 0 aromatic rings. The quantitative estimate of drug-likeness (QED) is 0.537. The number of hydrogen-bond acceptors (Lipinski definition) is 5. The zero-order valence-corrected chi connectivity index (χ0v) is 11.9. The highest BCUT2D eigenvalue weighted by Gasteiger charge is 2.46. The molecule has 21 heavy (non-hydrogen) atoms. The Balaban J connectivity index is 2.42. The van der Waals surface area contributed by atoms with Crippen molar-refractivity contribution in [1.29, 1.82) is 0 Å². The van der Waals surface area contributed by atoms with Crippen LogP contribution in [-0.4, -0.2) is 34.6 Å². The first-order valence-corrected chi connectivity index (χ1v) is 6.77. The number of carbonyl (C=O) groups is 4. The first kappa shape index (κ1) is 15.0. The number of carbonyl (C=O) groups excluding carboxylic acids is 4. The van der Waals surface area contributed by atoms with Gasteiger partial charge >= 0.3 is 0 Å². The Morgan fingerprint density at radius 3 is 2.52 bits per heavy atom. The highest BCUT2D eigenvalue weighted by Crippen LogP contribution is 2.30. The number of likely N-dealkylation sites (tertiary alicyclic amines) is 1. The van der Waals surface area contributed by atoms with E-state index in [2.05, 4.69) is 5.32 Å². The van der Waals surface area contributed by atoms with Crippen LogP contribution in [0.5, 0.6) is 0 Å². The molecule has 2 saturated heterocycles. The molecule has 2 aliphatic rings. The van der Waals surface area contributed by atoms with Crippen LogP contribution in [0, 0.1) is 0 Å². The van der Waals surface area contributed by atoms with E-state index in [0.717, 1.165) is 4.90 Å². The molecule has 0 radical (unpaired) electrons. The first-order valence-electron chi connectivity index (χ1n) is 6.77. The Labute approximate surface area is 121 Å². The number of hydrogen-bond donors (Lipinski definition) is 2. The summed E-state index contributed by atoms with van der Waals surface area (Å²) in [5.74, 6) is -2.13. The third kappa shape index (κ3) is 2.46. The zero-order valence-electron chi connectivity index (χ0n) is 11.9. The molecule has 0 spiro atoms. The lowest BCUT2D eigenvalue weighted by Crippen LogP contribution is -2.54. The summed E-state index contributed by atoms with van der Waals surface area (Å²) in [6.45, 7) is 3.38. The van der Waals surface area contributed by atoms with Crippen molar-refractivity contribution in [1.82, 2.24) is 10.2 Å². The van der Waals surface area contributed by atoms with E-state index in [1.807, 2.05) is 6.92 Å². The lowest BCUT2D eigenvalue weighted by atomic mass is 10.0. The Hall–Kier alpha value is -2.44. The van der Waals surface area contributed by atoms with Crippen LogP contribution in [0.1, 0.15) is 33.1 Å². The molecule has 0 aromatic heterocycles. The smallest absolute Gasteiger partial charge is 0.264 e. The molecule has 7 nitrogen and oxygen atoms in total. The van der Waals surface area contributed by atoms with Crippen molar-refractivity contribution < 1.29 is 19.2 Å². The monoisotopic (exact) mass is 291 g/mol. The number of allylic oxidation sites excluding steroid dienone is 2. The second-order valence-corrected chi connectivity index (χ2v) is 5.03. The van der Waals surface area contributed by atoms with Crippen molar-refractivity contribution in [3.8, 4) is 0 Å². The minimum Gasteiger partial charge on any atom is -0.402 e. The summed E-state index contributed by atoms with van der Waals surface area (Å²) in [6, 6.07) is -0.959. The average Bonchev–Trinajstić information content (AvgIpc) is 2.63. The Bertz CT molecular complexity index is 599. The van der Waals surface area contributed by atoms with Gasteiger partial charge in [0.25, 0.3) is 11.8 Å². The van der Waals surface area contributed by atoms with Gasteiger partial charge in [0.15, 0.2) is 0 Å². The molecule has 4 amide bonds. The zero-order chi connectivity index (χ0) is 15.7. The number of nitrogens with one attached hydrogen (secondary N) is 1. The van der Waals surface area contributed by atoms with Gasteiger partial charge in [-0.1, -0.05) is 13.0 Å². The Morgan fingerprint density at radius 1 is 1.33 bits per heavy atom. The SMILES string of the molecule is CC/C=C1/C(=O)N(C2CCC(=O)NC2=O)C(=O)/C1=C(/C)N. The number of nitrogens with zero attached hydrogens (tertiary/aromatic N) is 1. The molecule has 7 heteroatoms. The van der Waals surface area contributed by atoms with Crippen LogP contribution in [0.3, 0.4) is 0 Å².